The number of nitrogens with zero attached hydrogens (tertiary/aromatic N) is 2. The summed E-state index contributed by atoms with van der Waals surface area (Å²) in [6, 6.07) is 16.7. The van der Waals surface area contributed by atoms with Crippen molar-refractivity contribution < 1.29 is 14.4 Å². The lowest BCUT2D eigenvalue weighted by molar-refractivity contribution is -0.139. The van der Waals surface area contributed by atoms with Gasteiger partial charge in [-0.3, -0.25) is 19.3 Å². The van der Waals surface area contributed by atoms with Gasteiger partial charge in [-0.2, -0.15) is 0 Å². The summed E-state index contributed by atoms with van der Waals surface area (Å²) in [5, 5.41) is 0. The molecule has 0 unspecified atom stereocenters. The molecular weight excluding hydrogens is 388 g/mol. The van der Waals surface area contributed by atoms with Crippen LogP contribution >= 0.6 is 0 Å². The summed E-state index contributed by atoms with van der Waals surface area (Å²) < 4.78 is 0. The van der Waals surface area contributed by atoms with Crippen LogP contribution < -0.4 is 0 Å². The highest BCUT2D eigenvalue weighted by atomic mass is 16.2. The Kier molecular flexibility index (Phi) is 5.12. The van der Waals surface area contributed by atoms with Crippen molar-refractivity contribution in [2.45, 2.75) is 70.0 Å². The Labute approximate surface area is 183 Å². The van der Waals surface area contributed by atoms with Crippen LogP contribution in [0.15, 0.2) is 48.5 Å². The highest BCUT2D eigenvalue weighted by molar-refractivity contribution is 6.01. The van der Waals surface area contributed by atoms with Crippen molar-refractivity contribution in [2.24, 2.45) is 0 Å². The van der Waals surface area contributed by atoms with Gasteiger partial charge < -0.3 is 4.90 Å². The van der Waals surface area contributed by atoms with Gasteiger partial charge >= 0.3 is 0 Å². The van der Waals surface area contributed by atoms with Gasteiger partial charge in [0.05, 0.1) is 6.54 Å². The summed E-state index contributed by atoms with van der Waals surface area (Å²) in [7, 11) is 0. The van der Waals surface area contributed by atoms with Crippen LogP contribution in [-0.4, -0.2) is 39.6 Å². The molecule has 2 aliphatic carbocycles. The van der Waals surface area contributed by atoms with Gasteiger partial charge in [-0.25, -0.2) is 0 Å². The fourth-order valence-electron chi connectivity index (χ4n) is 4.98. The fourth-order valence-corrected chi connectivity index (χ4v) is 4.98. The number of benzene rings is 2. The van der Waals surface area contributed by atoms with Gasteiger partial charge in [0, 0.05) is 30.5 Å². The van der Waals surface area contributed by atoms with E-state index in [0.29, 0.717) is 43.0 Å². The quantitative estimate of drug-likeness (QED) is 0.664. The number of amides is 3. The second-order valence-corrected chi connectivity index (χ2v) is 9.19. The largest absolute Gasteiger partial charge is 0.333 e. The lowest BCUT2D eigenvalue weighted by Gasteiger charge is -2.44. The minimum atomic E-state index is -0.113. The molecule has 1 saturated heterocycles. The molecule has 0 atom stereocenters. The zero-order valence-electron chi connectivity index (χ0n) is 17.9. The van der Waals surface area contributed by atoms with Crippen LogP contribution in [0.1, 0.15) is 71.5 Å². The minimum Gasteiger partial charge on any atom is -0.333 e. The Hall–Kier alpha value is -2.95. The monoisotopic (exact) mass is 416 g/mol. The maximum Gasteiger partial charge on any atom is 0.254 e. The van der Waals surface area contributed by atoms with E-state index in [9.17, 15) is 14.4 Å². The molecule has 31 heavy (non-hydrogen) atoms. The summed E-state index contributed by atoms with van der Waals surface area (Å²) >= 11 is 0. The lowest BCUT2D eigenvalue weighted by atomic mass is 9.73. The second-order valence-electron chi connectivity index (χ2n) is 9.19. The first-order chi connectivity index (χ1) is 15.0. The van der Waals surface area contributed by atoms with Gasteiger partial charge in [0.2, 0.25) is 11.8 Å². The smallest absolute Gasteiger partial charge is 0.254 e. The number of carbonyl (C=O) groups is 3. The van der Waals surface area contributed by atoms with Gasteiger partial charge in [-0.15, -0.1) is 0 Å². The topological polar surface area (TPSA) is 57.7 Å². The molecule has 0 bridgehead atoms. The number of imide groups is 1. The molecule has 2 aromatic carbocycles. The third-order valence-corrected chi connectivity index (χ3v) is 7.01. The Morgan fingerprint density at radius 2 is 1.58 bits per heavy atom. The van der Waals surface area contributed by atoms with E-state index in [-0.39, 0.29) is 17.7 Å². The maximum atomic E-state index is 13.3. The standard InChI is InChI=1S/C26H28N2O3/c1-17-4-2-3-5-23(17)20-14-22(15-20)28(21-10-11-21)26(31)19-8-6-18(7-9-19)16-27-24(29)12-13-25(27)30/h2-9,20-22H,10-16H2,1H3. The summed E-state index contributed by atoms with van der Waals surface area (Å²) in [6.45, 7) is 2.45. The molecule has 3 amide bonds. The predicted octanol–water partition coefficient (Wildman–Crippen LogP) is 4.19. The summed E-state index contributed by atoms with van der Waals surface area (Å²) in [6.07, 6.45) is 4.85. The summed E-state index contributed by atoms with van der Waals surface area (Å²) in [5.41, 5.74) is 4.31. The third-order valence-electron chi connectivity index (χ3n) is 7.01. The molecule has 3 fully saturated rings. The maximum absolute atomic E-state index is 13.3. The van der Waals surface area contributed by atoms with Crippen LogP contribution in [0.25, 0.3) is 0 Å². The minimum absolute atomic E-state index is 0.107. The number of hydrogen-bond acceptors (Lipinski definition) is 3. The van der Waals surface area contributed by atoms with Crippen molar-refractivity contribution in [2.75, 3.05) is 0 Å². The van der Waals surface area contributed by atoms with E-state index in [0.717, 1.165) is 31.2 Å². The van der Waals surface area contributed by atoms with Crippen molar-refractivity contribution in [3.05, 3.63) is 70.8 Å². The first-order valence-corrected chi connectivity index (χ1v) is 11.3. The van der Waals surface area contributed by atoms with Gasteiger partial charge in [0.15, 0.2) is 0 Å². The number of rotatable bonds is 6. The number of aryl methyl sites for hydroxylation is 1. The van der Waals surface area contributed by atoms with Crippen LogP contribution in [0.4, 0.5) is 0 Å². The fraction of sp³-hybridized carbons (Fsp3) is 0.423. The number of likely N-dealkylation sites (tertiary alicyclic amines) is 1. The Morgan fingerprint density at radius 1 is 0.935 bits per heavy atom. The van der Waals surface area contributed by atoms with E-state index in [1.807, 2.05) is 24.3 Å². The average molecular weight is 417 g/mol. The third kappa shape index (κ3) is 3.89. The van der Waals surface area contributed by atoms with E-state index in [1.165, 1.54) is 16.0 Å². The van der Waals surface area contributed by atoms with Crippen LogP contribution in [0, 0.1) is 6.92 Å². The van der Waals surface area contributed by atoms with E-state index < -0.39 is 0 Å². The first-order valence-electron chi connectivity index (χ1n) is 11.3. The molecule has 5 rings (SSSR count). The van der Waals surface area contributed by atoms with Crippen molar-refractivity contribution in [3.8, 4) is 0 Å². The van der Waals surface area contributed by atoms with Crippen molar-refractivity contribution in [1.29, 1.82) is 0 Å². The normalized spacial score (nSPS) is 23.1. The van der Waals surface area contributed by atoms with E-state index in [4.69, 9.17) is 0 Å². The molecule has 0 aromatic heterocycles. The molecule has 0 N–H and O–H groups in total. The Balaban J connectivity index is 1.25. The Bertz CT molecular complexity index is 1000. The Morgan fingerprint density at radius 3 is 2.19 bits per heavy atom. The van der Waals surface area contributed by atoms with Gasteiger partial charge in [-0.05, 0) is 67.3 Å². The molecule has 2 saturated carbocycles. The van der Waals surface area contributed by atoms with Crippen molar-refractivity contribution in [3.63, 3.8) is 0 Å². The summed E-state index contributed by atoms with van der Waals surface area (Å²) in [4.78, 5) is 40.5. The van der Waals surface area contributed by atoms with Crippen molar-refractivity contribution >= 4 is 17.7 Å². The molecule has 160 valence electrons. The van der Waals surface area contributed by atoms with E-state index in [2.05, 4.69) is 36.1 Å². The van der Waals surface area contributed by atoms with Crippen molar-refractivity contribution in [1.82, 2.24) is 9.80 Å². The lowest BCUT2D eigenvalue weighted by Crippen LogP contribution is -2.48. The molecular formula is C26H28N2O3. The van der Waals surface area contributed by atoms with Crippen LogP contribution in [-0.2, 0) is 16.1 Å². The predicted molar refractivity (Wildman–Crippen MR) is 117 cm³/mol. The molecule has 0 radical (unpaired) electrons. The molecule has 0 spiro atoms. The highest BCUT2D eigenvalue weighted by Gasteiger charge is 2.44. The first kappa shape index (κ1) is 20.0. The van der Waals surface area contributed by atoms with Gasteiger partial charge in [0.1, 0.15) is 0 Å². The molecule has 5 heteroatoms. The van der Waals surface area contributed by atoms with E-state index in [1.54, 1.807) is 0 Å². The average Bonchev–Trinajstić information content (AvgIpc) is 3.53. The molecule has 2 aromatic rings. The van der Waals surface area contributed by atoms with Crippen LogP contribution in [0.5, 0.6) is 0 Å². The zero-order chi connectivity index (χ0) is 21.5. The summed E-state index contributed by atoms with van der Waals surface area (Å²) in [5.74, 6) is 0.422. The molecule has 5 nitrogen and oxygen atoms in total. The molecule has 3 aliphatic rings. The van der Waals surface area contributed by atoms with Gasteiger partial charge in [0.25, 0.3) is 5.91 Å². The number of hydrogen-bond donors (Lipinski definition) is 0. The van der Waals surface area contributed by atoms with Gasteiger partial charge in [-0.1, -0.05) is 36.4 Å². The highest BCUT2D eigenvalue weighted by Crippen LogP contribution is 2.44. The molecule has 1 aliphatic heterocycles. The second kappa shape index (κ2) is 7.95. The number of carbonyl (C=O) groups excluding carboxylic acids is 3. The van der Waals surface area contributed by atoms with E-state index >= 15 is 0 Å². The zero-order valence-corrected chi connectivity index (χ0v) is 17.9. The van der Waals surface area contributed by atoms with Crippen LogP contribution in [0.2, 0.25) is 0 Å². The SMILES string of the molecule is Cc1ccccc1C1CC(N(C(=O)c2ccc(CN3C(=O)CCC3=O)cc2)C2CC2)C1. The van der Waals surface area contributed by atoms with Crippen LogP contribution in [0.3, 0.4) is 0 Å². The molecule has 1 heterocycles.